The average molecular weight is 347 g/mol. The highest BCUT2D eigenvalue weighted by Crippen LogP contribution is 2.28. The normalized spacial score (nSPS) is 12.3. The molecule has 1 N–H and O–H groups in total. The van der Waals surface area contributed by atoms with Gasteiger partial charge in [0, 0.05) is 0 Å². The summed E-state index contributed by atoms with van der Waals surface area (Å²) in [5.74, 6) is 0. The molecule has 0 aliphatic rings. The summed E-state index contributed by atoms with van der Waals surface area (Å²) in [5, 5.41) is 0.625. The molecule has 0 aliphatic carbocycles. The molecule has 2 radical (unpaired) electrons. The van der Waals surface area contributed by atoms with E-state index in [2.05, 4.69) is 26.0 Å². The molecule has 0 saturated heterocycles. The van der Waals surface area contributed by atoms with Crippen LogP contribution in [0.2, 0.25) is 5.04 Å². The quantitative estimate of drug-likeness (QED) is 0.645. The second kappa shape index (κ2) is 6.99. The Kier molecular flexibility index (Phi) is 5.44. The third-order valence-corrected chi connectivity index (χ3v) is 6.32. The van der Waals surface area contributed by atoms with Gasteiger partial charge < -0.3 is 0 Å². The van der Waals surface area contributed by atoms with Crippen LogP contribution in [0.25, 0.3) is 0 Å². The Morgan fingerprint density at radius 2 is 1.70 bits per heavy atom. The van der Waals surface area contributed by atoms with Crippen LogP contribution in [0.3, 0.4) is 0 Å². The van der Waals surface area contributed by atoms with Crippen molar-refractivity contribution in [3.8, 4) is 0 Å². The minimum Gasteiger partial charge on any atom is -0.282 e. The molecule has 0 unspecified atom stereocenters. The Bertz CT molecular complexity index is 768. The second-order valence-electron chi connectivity index (χ2n) is 6.33. The topological polar surface area (TPSA) is 54.4 Å². The number of benzene rings is 2. The van der Waals surface area contributed by atoms with E-state index in [4.69, 9.17) is 0 Å². The minimum atomic E-state index is -4.20. The van der Waals surface area contributed by atoms with E-state index in [0.29, 0.717) is 5.19 Å². The molecule has 3 nitrogen and oxygen atoms in total. The Morgan fingerprint density at radius 3 is 2.26 bits per heavy atom. The summed E-state index contributed by atoms with van der Waals surface area (Å²) >= 11 is 0. The molecule has 0 saturated carbocycles. The van der Waals surface area contributed by atoms with Gasteiger partial charge in [-0.25, -0.2) is 0 Å². The fourth-order valence-electron chi connectivity index (χ4n) is 2.63. The Morgan fingerprint density at radius 1 is 1.04 bits per heavy atom. The van der Waals surface area contributed by atoms with E-state index >= 15 is 0 Å². The van der Waals surface area contributed by atoms with E-state index in [0.717, 1.165) is 18.4 Å². The standard InChI is InChI=1S/C18H22O3SSi/c1-4-14-10-11-16(22(19,20)21)17(12-14)23-18(2,3)13-15-8-6-5-7-9-15/h5-12H,4,13H2,1-3H3,(H,19,20,21). The summed E-state index contributed by atoms with van der Waals surface area (Å²) in [5.41, 5.74) is 2.31. The third kappa shape index (κ3) is 5.02. The monoisotopic (exact) mass is 346 g/mol. The zero-order valence-corrected chi connectivity index (χ0v) is 15.5. The van der Waals surface area contributed by atoms with Crippen molar-refractivity contribution >= 4 is 24.8 Å². The van der Waals surface area contributed by atoms with Crippen LogP contribution in [-0.2, 0) is 23.0 Å². The maximum Gasteiger partial charge on any atom is 0.294 e. The molecule has 0 aromatic heterocycles. The van der Waals surface area contributed by atoms with E-state index in [1.807, 2.05) is 31.2 Å². The van der Waals surface area contributed by atoms with Crippen LogP contribution < -0.4 is 5.19 Å². The van der Waals surface area contributed by atoms with Crippen molar-refractivity contribution in [2.24, 2.45) is 0 Å². The van der Waals surface area contributed by atoms with Gasteiger partial charge in [0.15, 0.2) is 0 Å². The number of hydrogen-bond donors (Lipinski definition) is 1. The first-order valence-corrected chi connectivity index (χ1v) is 10.1. The average Bonchev–Trinajstić information content (AvgIpc) is 2.46. The zero-order valence-electron chi connectivity index (χ0n) is 13.7. The van der Waals surface area contributed by atoms with E-state index in [1.165, 1.54) is 11.6 Å². The molecule has 0 aliphatic heterocycles. The maximum absolute atomic E-state index is 11.7. The van der Waals surface area contributed by atoms with Crippen LogP contribution in [0.4, 0.5) is 0 Å². The SMILES string of the molecule is CCc1ccc(S(=O)(=O)O)c([Si]C(C)(C)Cc2ccccc2)c1. The Labute approximate surface area is 141 Å². The second-order valence-corrected chi connectivity index (χ2v) is 9.86. The number of hydrogen-bond acceptors (Lipinski definition) is 2. The zero-order chi connectivity index (χ0) is 17.1. The van der Waals surface area contributed by atoms with Crippen molar-refractivity contribution in [2.75, 3.05) is 0 Å². The van der Waals surface area contributed by atoms with Gasteiger partial charge in [0.1, 0.15) is 0 Å². The van der Waals surface area contributed by atoms with Gasteiger partial charge in [-0.15, -0.1) is 0 Å². The molecule has 23 heavy (non-hydrogen) atoms. The van der Waals surface area contributed by atoms with E-state index in [9.17, 15) is 13.0 Å². The Hall–Kier alpha value is -1.43. The van der Waals surface area contributed by atoms with Gasteiger partial charge in [0.25, 0.3) is 10.1 Å². The van der Waals surface area contributed by atoms with Crippen LogP contribution in [0.15, 0.2) is 53.4 Å². The minimum absolute atomic E-state index is 0.0363. The Balaban J connectivity index is 2.33. The summed E-state index contributed by atoms with van der Waals surface area (Å²) in [6.45, 7) is 6.29. The van der Waals surface area contributed by atoms with Gasteiger partial charge in [-0.05, 0) is 40.3 Å². The lowest BCUT2D eigenvalue weighted by Crippen LogP contribution is -2.31. The molecule has 5 heteroatoms. The van der Waals surface area contributed by atoms with Crippen molar-refractivity contribution in [1.29, 1.82) is 0 Å². The van der Waals surface area contributed by atoms with Gasteiger partial charge >= 0.3 is 0 Å². The summed E-state index contributed by atoms with van der Waals surface area (Å²) in [4.78, 5) is 0.0363. The highest BCUT2D eigenvalue weighted by molar-refractivity contribution is 7.86. The van der Waals surface area contributed by atoms with Crippen LogP contribution >= 0.6 is 0 Å². The molecule has 2 aromatic carbocycles. The van der Waals surface area contributed by atoms with Gasteiger partial charge in [-0.2, -0.15) is 8.42 Å². The molecule has 0 atom stereocenters. The molecule has 0 spiro atoms. The molecular formula is C18H22O3SSi. The fraction of sp³-hybridized carbons (Fsp3) is 0.333. The van der Waals surface area contributed by atoms with Crippen molar-refractivity contribution in [2.45, 2.75) is 43.5 Å². The lowest BCUT2D eigenvalue weighted by molar-refractivity contribution is 0.484. The van der Waals surface area contributed by atoms with Gasteiger partial charge in [-0.1, -0.05) is 63.2 Å². The molecule has 122 valence electrons. The highest BCUT2D eigenvalue weighted by Gasteiger charge is 2.25. The summed E-state index contributed by atoms with van der Waals surface area (Å²) in [7, 11) is -3.91. The van der Waals surface area contributed by atoms with E-state index in [-0.39, 0.29) is 19.5 Å². The largest absolute Gasteiger partial charge is 0.294 e. The van der Waals surface area contributed by atoms with Crippen LogP contribution in [0.1, 0.15) is 31.9 Å². The summed E-state index contributed by atoms with van der Waals surface area (Å²) in [6, 6.07) is 15.4. The molecule has 0 fully saturated rings. The first kappa shape index (κ1) is 17.9. The van der Waals surface area contributed by atoms with Crippen molar-refractivity contribution in [3.05, 3.63) is 59.7 Å². The first-order valence-electron chi connectivity index (χ1n) is 7.64. The lowest BCUT2D eigenvalue weighted by atomic mass is 10.0. The molecule has 0 heterocycles. The molecule has 0 amide bonds. The number of rotatable bonds is 6. The van der Waals surface area contributed by atoms with Crippen molar-refractivity contribution < 1.29 is 13.0 Å². The van der Waals surface area contributed by atoms with E-state index in [1.54, 1.807) is 6.07 Å². The number of aryl methyl sites for hydroxylation is 1. The molecule has 2 rings (SSSR count). The first-order chi connectivity index (χ1) is 10.7. The summed E-state index contributed by atoms with van der Waals surface area (Å²) < 4.78 is 32.8. The smallest absolute Gasteiger partial charge is 0.282 e. The fourth-order valence-corrected chi connectivity index (χ4v) is 5.24. The predicted molar refractivity (Wildman–Crippen MR) is 95.2 cm³/mol. The maximum atomic E-state index is 11.7. The van der Waals surface area contributed by atoms with Gasteiger partial charge in [-0.3, -0.25) is 4.55 Å². The van der Waals surface area contributed by atoms with E-state index < -0.39 is 10.1 Å². The lowest BCUT2D eigenvalue weighted by Gasteiger charge is -2.25. The van der Waals surface area contributed by atoms with Crippen molar-refractivity contribution in [1.82, 2.24) is 0 Å². The molecule has 2 aromatic rings. The summed E-state index contributed by atoms with van der Waals surface area (Å²) in [6.07, 6.45) is 1.69. The van der Waals surface area contributed by atoms with Crippen LogP contribution in [0, 0.1) is 0 Å². The van der Waals surface area contributed by atoms with Crippen LogP contribution in [0.5, 0.6) is 0 Å². The third-order valence-electron chi connectivity index (χ3n) is 3.69. The van der Waals surface area contributed by atoms with Gasteiger partial charge in [0.2, 0.25) is 0 Å². The molecule has 0 bridgehead atoms. The van der Waals surface area contributed by atoms with Crippen LogP contribution in [-0.4, -0.2) is 22.5 Å². The highest BCUT2D eigenvalue weighted by atomic mass is 32.2. The molecular weight excluding hydrogens is 324 g/mol. The predicted octanol–water partition coefficient (Wildman–Crippen LogP) is 3.27. The van der Waals surface area contributed by atoms with Crippen molar-refractivity contribution in [3.63, 3.8) is 0 Å². The van der Waals surface area contributed by atoms with Gasteiger partial charge in [0.05, 0.1) is 14.4 Å².